The minimum absolute atomic E-state index is 0.0737. The van der Waals surface area contributed by atoms with Gasteiger partial charge in [-0.15, -0.1) is 0 Å². The maximum absolute atomic E-state index is 12.1. The molecule has 1 amide bonds. The van der Waals surface area contributed by atoms with Gasteiger partial charge in [0, 0.05) is 4.47 Å². The molecular weight excluding hydrogens is 342 g/mol. The summed E-state index contributed by atoms with van der Waals surface area (Å²) >= 11 is 3.18. The Morgan fingerprint density at radius 2 is 1.76 bits per heavy atom. The van der Waals surface area contributed by atoms with Crippen LogP contribution in [-0.2, 0) is 0 Å². The zero-order chi connectivity index (χ0) is 15.6. The highest BCUT2D eigenvalue weighted by Crippen LogP contribution is 2.29. The van der Waals surface area contributed by atoms with Gasteiger partial charge in [-0.1, -0.05) is 22.0 Å². The van der Waals surface area contributed by atoms with Crippen molar-refractivity contribution in [2.45, 2.75) is 0 Å². The van der Waals surface area contributed by atoms with Crippen LogP contribution >= 0.6 is 15.9 Å². The fraction of sp³-hybridized carbons (Fsp3) is 0. The number of aromatic carboxylic acids is 1. The van der Waals surface area contributed by atoms with Crippen LogP contribution in [0, 0.1) is 0 Å². The van der Waals surface area contributed by atoms with E-state index in [4.69, 9.17) is 5.11 Å². The molecule has 0 aliphatic heterocycles. The zero-order valence-corrected chi connectivity index (χ0v) is 12.1. The molecule has 0 bridgehead atoms. The van der Waals surface area contributed by atoms with Crippen LogP contribution in [0.1, 0.15) is 20.7 Å². The number of hydrogen-bond acceptors (Lipinski definition) is 4. The van der Waals surface area contributed by atoms with Crippen molar-refractivity contribution in [2.24, 2.45) is 0 Å². The average Bonchev–Trinajstić information content (AvgIpc) is 2.41. The summed E-state index contributed by atoms with van der Waals surface area (Å²) in [7, 11) is 0. The summed E-state index contributed by atoms with van der Waals surface area (Å²) in [6.07, 6.45) is 0. The van der Waals surface area contributed by atoms with Crippen LogP contribution in [-0.4, -0.2) is 27.2 Å². The van der Waals surface area contributed by atoms with E-state index in [0.717, 1.165) is 0 Å². The summed E-state index contributed by atoms with van der Waals surface area (Å²) in [6.45, 7) is 0. The fourth-order valence-corrected chi connectivity index (χ4v) is 2.07. The van der Waals surface area contributed by atoms with E-state index in [1.807, 2.05) is 0 Å². The molecule has 0 unspecified atom stereocenters. The predicted molar refractivity (Wildman–Crippen MR) is 78.8 cm³/mol. The minimum Gasteiger partial charge on any atom is -0.504 e. The summed E-state index contributed by atoms with van der Waals surface area (Å²) in [5.41, 5.74) is -0.179. The van der Waals surface area contributed by atoms with Crippen molar-refractivity contribution in [1.29, 1.82) is 0 Å². The molecule has 0 aromatic heterocycles. The average molecular weight is 352 g/mol. The molecule has 7 heteroatoms. The number of anilines is 1. The lowest BCUT2D eigenvalue weighted by molar-refractivity contribution is 0.0698. The maximum Gasteiger partial charge on any atom is 0.337 e. The summed E-state index contributed by atoms with van der Waals surface area (Å²) < 4.78 is 0.586. The highest BCUT2D eigenvalue weighted by atomic mass is 79.9. The first-order valence-electron chi connectivity index (χ1n) is 5.75. The number of carboxylic acids is 1. The number of aromatic hydroxyl groups is 2. The Morgan fingerprint density at radius 3 is 2.43 bits per heavy atom. The predicted octanol–water partition coefficient (Wildman–Crippen LogP) is 2.81. The molecule has 0 radical (unpaired) electrons. The summed E-state index contributed by atoms with van der Waals surface area (Å²) in [5.74, 6) is -2.93. The van der Waals surface area contributed by atoms with E-state index >= 15 is 0 Å². The molecule has 4 N–H and O–H groups in total. The Hall–Kier alpha value is -2.54. The second-order valence-electron chi connectivity index (χ2n) is 4.12. The molecule has 21 heavy (non-hydrogen) atoms. The number of phenolic OH excluding ortho intramolecular Hbond substituents is 2. The first-order valence-corrected chi connectivity index (χ1v) is 6.54. The maximum atomic E-state index is 12.1. The van der Waals surface area contributed by atoms with E-state index in [1.165, 1.54) is 36.4 Å². The van der Waals surface area contributed by atoms with Crippen LogP contribution in [0.5, 0.6) is 11.5 Å². The van der Waals surface area contributed by atoms with Gasteiger partial charge in [0.2, 0.25) is 0 Å². The van der Waals surface area contributed by atoms with Gasteiger partial charge in [0.15, 0.2) is 11.5 Å². The molecule has 0 atom stereocenters. The van der Waals surface area contributed by atoms with Gasteiger partial charge in [-0.3, -0.25) is 4.79 Å². The number of rotatable bonds is 3. The van der Waals surface area contributed by atoms with Crippen LogP contribution in [0.4, 0.5) is 5.69 Å². The molecule has 6 nitrogen and oxygen atoms in total. The van der Waals surface area contributed by atoms with Crippen molar-refractivity contribution in [1.82, 2.24) is 0 Å². The molecule has 0 aliphatic carbocycles. The van der Waals surface area contributed by atoms with Gasteiger partial charge in [-0.05, 0) is 30.3 Å². The van der Waals surface area contributed by atoms with Crippen LogP contribution in [0.3, 0.4) is 0 Å². The number of hydrogen-bond donors (Lipinski definition) is 4. The third kappa shape index (κ3) is 3.14. The molecule has 0 heterocycles. The molecule has 0 spiro atoms. The molecule has 2 aromatic carbocycles. The number of nitrogens with one attached hydrogen (secondary N) is 1. The van der Waals surface area contributed by atoms with Gasteiger partial charge < -0.3 is 20.6 Å². The monoisotopic (exact) mass is 351 g/mol. The molecule has 0 aliphatic rings. The third-order valence-electron chi connectivity index (χ3n) is 2.72. The molecule has 0 saturated carbocycles. The number of halogens is 1. The molecule has 108 valence electrons. The Bertz CT molecular complexity index is 729. The zero-order valence-electron chi connectivity index (χ0n) is 10.5. The Kier molecular flexibility index (Phi) is 4.13. The lowest BCUT2D eigenvalue weighted by atomic mass is 10.1. The van der Waals surface area contributed by atoms with Crippen LogP contribution in [0.2, 0.25) is 0 Å². The van der Waals surface area contributed by atoms with Gasteiger partial charge in [0.1, 0.15) is 0 Å². The molecule has 0 saturated heterocycles. The van der Waals surface area contributed by atoms with Crippen molar-refractivity contribution in [3.05, 3.63) is 52.0 Å². The highest BCUT2D eigenvalue weighted by molar-refractivity contribution is 9.10. The van der Waals surface area contributed by atoms with Crippen LogP contribution < -0.4 is 5.32 Å². The number of amides is 1. The number of benzene rings is 2. The Balaban J connectivity index is 2.38. The summed E-state index contributed by atoms with van der Waals surface area (Å²) in [5, 5.41) is 30.5. The van der Waals surface area contributed by atoms with Gasteiger partial charge in [-0.2, -0.15) is 0 Å². The highest BCUT2D eigenvalue weighted by Gasteiger charge is 2.17. The Morgan fingerprint density at radius 1 is 1.05 bits per heavy atom. The van der Waals surface area contributed by atoms with E-state index in [2.05, 4.69) is 21.2 Å². The number of carbonyl (C=O) groups excluding carboxylic acids is 1. The van der Waals surface area contributed by atoms with Gasteiger partial charge >= 0.3 is 5.97 Å². The first-order chi connectivity index (χ1) is 9.90. The van der Waals surface area contributed by atoms with Crippen molar-refractivity contribution < 1.29 is 24.9 Å². The van der Waals surface area contributed by atoms with E-state index in [-0.39, 0.29) is 16.8 Å². The van der Waals surface area contributed by atoms with Crippen molar-refractivity contribution in [2.75, 3.05) is 5.32 Å². The molecule has 0 fully saturated rings. The largest absolute Gasteiger partial charge is 0.504 e. The SMILES string of the molecule is O=C(O)c1ccc(Br)cc1NC(=O)c1cccc(O)c1O. The van der Waals surface area contributed by atoms with E-state index in [9.17, 15) is 19.8 Å². The van der Waals surface area contributed by atoms with Gasteiger partial charge in [0.25, 0.3) is 5.91 Å². The molecule has 2 aromatic rings. The number of para-hydroxylation sites is 1. The summed E-state index contributed by atoms with van der Waals surface area (Å²) in [4.78, 5) is 23.2. The standard InChI is InChI=1S/C14H10BrNO5/c15-7-4-5-8(14(20)21)10(6-7)16-13(19)9-2-1-3-11(17)12(9)18/h1-6,17-18H,(H,16,19)(H,20,21). The number of phenols is 2. The van der Waals surface area contributed by atoms with E-state index < -0.39 is 23.4 Å². The van der Waals surface area contributed by atoms with E-state index in [0.29, 0.717) is 4.47 Å². The Labute approximate surface area is 127 Å². The number of carbonyl (C=O) groups is 2. The quantitative estimate of drug-likeness (QED) is 0.636. The van der Waals surface area contributed by atoms with Crippen molar-refractivity contribution >= 4 is 33.5 Å². The second kappa shape index (κ2) is 5.84. The van der Waals surface area contributed by atoms with Crippen LogP contribution in [0.15, 0.2) is 40.9 Å². The lowest BCUT2D eigenvalue weighted by Crippen LogP contribution is -2.15. The van der Waals surface area contributed by atoms with Gasteiger partial charge in [0.05, 0.1) is 16.8 Å². The topological polar surface area (TPSA) is 107 Å². The molecule has 2 rings (SSSR count). The minimum atomic E-state index is -1.20. The van der Waals surface area contributed by atoms with E-state index in [1.54, 1.807) is 0 Å². The smallest absolute Gasteiger partial charge is 0.337 e. The molecular formula is C14H10BrNO5. The summed E-state index contributed by atoms with van der Waals surface area (Å²) in [6, 6.07) is 8.23. The fourth-order valence-electron chi connectivity index (χ4n) is 1.71. The van der Waals surface area contributed by atoms with Crippen molar-refractivity contribution in [3.8, 4) is 11.5 Å². The second-order valence-corrected chi connectivity index (χ2v) is 5.04. The van der Waals surface area contributed by atoms with Crippen LogP contribution in [0.25, 0.3) is 0 Å². The third-order valence-corrected chi connectivity index (χ3v) is 3.21. The first kappa shape index (κ1) is 14.9. The number of carboxylic acid groups (broad SMARTS) is 1. The van der Waals surface area contributed by atoms with Crippen molar-refractivity contribution in [3.63, 3.8) is 0 Å². The van der Waals surface area contributed by atoms with Gasteiger partial charge in [-0.25, -0.2) is 4.79 Å². The lowest BCUT2D eigenvalue weighted by Gasteiger charge is -2.10. The normalized spacial score (nSPS) is 10.1.